The average molecular weight is 402 g/mol. The maximum atomic E-state index is 13.0. The summed E-state index contributed by atoms with van der Waals surface area (Å²) >= 11 is 0. The molecule has 0 spiro atoms. The molecule has 3 rings (SSSR count). The second kappa shape index (κ2) is 8.78. The lowest BCUT2D eigenvalue weighted by Crippen LogP contribution is -2.43. The maximum Gasteiger partial charge on any atom is 0.261 e. The number of aryl methyl sites for hydroxylation is 2. The SMILES string of the molecule is CCc1ccc(CN(C(=O)COc2ccccc2C)[C@@H]2CCS(=O)(=O)C2)cc1. The topological polar surface area (TPSA) is 63.7 Å². The van der Waals surface area contributed by atoms with Crippen molar-refractivity contribution in [2.24, 2.45) is 0 Å². The number of hydrogen-bond donors (Lipinski definition) is 0. The molecule has 1 atom stereocenters. The van der Waals surface area contributed by atoms with Crippen molar-refractivity contribution in [1.29, 1.82) is 0 Å². The summed E-state index contributed by atoms with van der Waals surface area (Å²) in [4.78, 5) is 14.6. The first-order chi connectivity index (χ1) is 13.4. The Kier molecular flexibility index (Phi) is 6.39. The van der Waals surface area contributed by atoms with Crippen LogP contribution in [0.5, 0.6) is 5.75 Å². The average Bonchev–Trinajstić information content (AvgIpc) is 3.05. The quantitative estimate of drug-likeness (QED) is 0.715. The van der Waals surface area contributed by atoms with E-state index in [0.717, 1.165) is 17.5 Å². The molecule has 1 fully saturated rings. The number of para-hydroxylation sites is 1. The standard InChI is InChI=1S/C22H27NO4S/c1-3-18-8-10-19(11-9-18)14-23(20-12-13-28(25,26)16-20)22(24)15-27-21-7-5-4-6-17(21)2/h4-11,20H,3,12-16H2,1-2H3/t20-/m1/s1. The molecule has 28 heavy (non-hydrogen) atoms. The fourth-order valence-electron chi connectivity index (χ4n) is 3.46. The fourth-order valence-corrected chi connectivity index (χ4v) is 5.19. The van der Waals surface area contributed by atoms with Crippen LogP contribution in [-0.2, 0) is 27.6 Å². The third kappa shape index (κ3) is 5.13. The van der Waals surface area contributed by atoms with Gasteiger partial charge in [-0.15, -0.1) is 0 Å². The predicted molar refractivity (Wildman–Crippen MR) is 110 cm³/mol. The number of benzene rings is 2. The van der Waals surface area contributed by atoms with E-state index in [-0.39, 0.29) is 30.1 Å². The van der Waals surface area contributed by atoms with Crippen molar-refractivity contribution in [2.45, 2.75) is 39.3 Å². The van der Waals surface area contributed by atoms with Gasteiger partial charge in [0, 0.05) is 12.6 Å². The predicted octanol–water partition coefficient (Wildman–Crippen LogP) is 3.15. The molecule has 150 valence electrons. The number of carbonyl (C=O) groups excluding carboxylic acids is 1. The summed E-state index contributed by atoms with van der Waals surface area (Å²) in [5, 5.41) is 0. The van der Waals surface area contributed by atoms with Crippen LogP contribution >= 0.6 is 0 Å². The zero-order valence-corrected chi connectivity index (χ0v) is 17.2. The Morgan fingerprint density at radius 2 is 1.79 bits per heavy atom. The third-order valence-electron chi connectivity index (χ3n) is 5.20. The Hall–Kier alpha value is -2.34. The summed E-state index contributed by atoms with van der Waals surface area (Å²) in [6.45, 7) is 4.31. The van der Waals surface area contributed by atoms with Gasteiger partial charge < -0.3 is 9.64 Å². The third-order valence-corrected chi connectivity index (χ3v) is 6.95. The largest absolute Gasteiger partial charge is 0.484 e. The monoisotopic (exact) mass is 401 g/mol. The van der Waals surface area contributed by atoms with Crippen LogP contribution in [0.4, 0.5) is 0 Å². The van der Waals surface area contributed by atoms with Crippen LogP contribution in [0.1, 0.15) is 30.0 Å². The van der Waals surface area contributed by atoms with E-state index in [0.29, 0.717) is 18.7 Å². The van der Waals surface area contributed by atoms with E-state index >= 15 is 0 Å². The Bertz CT molecular complexity index is 922. The zero-order chi connectivity index (χ0) is 20.1. The van der Waals surface area contributed by atoms with E-state index < -0.39 is 9.84 Å². The van der Waals surface area contributed by atoms with Gasteiger partial charge in [-0.05, 0) is 42.5 Å². The highest BCUT2D eigenvalue weighted by atomic mass is 32.2. The molecule has 1 aliphatic rings. The summed E-state index contributed by atoms with van der Waals surface area (Å²) in [6.07, 6.45) is 1.43. The lowest BCUT2D eigenvalue weighted by Gasteiger charge is -2.28. The highest BCUT2D eigenvalue weighted by Gasteiger charge is 2.34. The molecule has 0 unspecified atom stereocenters. The van der Waals surface area contributed by atoms with Gasteiger partial charge in [-0.25, -0.2) is 8.42 Å². The van der Waals surface area contributed by atoms with E-state index in [1.54, 1.807) is 4.90 Å². The number of rotatable bonds is 7. The zero-order valence-electron chi connectivity index (χ0n) is 16.4. The molecular formula is C22H27NO4S. The molecule has 2 aromatic rings. The van der Waals surface area contributed by atoms with Crippen LogP contribution in [0.2, 0.25) is 0 Å². The first-order valence-corrected chi connectivity index (χ1v) is 11.5. The van der Waals surface area contributed by atoms with Crippen molar-refractivity contribution in [3.8, 4) is 5.75 Å². The number of carbonyl (C=O) groups is 1. The summed E-state index contributed by atoms with van der Waals surface area (Å²) < 4.78 is 29.6. The van der Waals surface area contributed by atoms with Gasteiger partial charge in [-0.2, -0.15) is 0 Å². The van der Waals surface area contributed by atoms with E-state index in [4.69, 9.17) is 4.74 Å². The fraction of sp³-hybridized carbons (Fsp3) is 0.409. The smallest absolute Gasteiger partial charge is 0.261 e. The molecule has 6 heteroatoms. The van der Waals surface area contributed by atoms with Gasteiger partial charge in [0.15, 0.2) is 16.4 Å². The molecule has 1 saturated heterocycles. The maximum absolute atomic E-state index is 13.0. The first kappa shape index (κ1) is 20.4. The highest BCUT2D eigenvalue weighted by Crippen LogP contribution is 2.22. The Labute approximate surface area is 167 Å². The highest BCUT2D eigenvalue weighted by molar-refractivity contribution is 7.91. The Morgan fingerprint density at radius 1 is 1.11 bits per heavy atom. The van der Waals surface area contributed by atoms with Crippen LogP contribution in [-0.4, -0.2) is 43.4 Å². The van der Waals surface area contributed by atoms with E-state index in [9.17, 15) is 13.2 Å². The van der Waals surface area contributed by atoms with Gasteiger partial charge in [-0.3, -0.25) is 4.79 Å². The number of nitrogens with zero attached hydrogens (tertiary/aromatic N) is 1. The molecule has 0 aromatic heterocycles. The van der Waals surface area contributed by atoms with Gasteiger partial charge in [0.2, 0.25) is 0 Å². The summed E-state index contributed by atoms with van der Waals surface area (Å²) in [7, 11) is -3.09. The van der Waals surface area contributed by atoms with Crippen molar-refractivity contribution in [3.63, 3.8) is 0 Å². The lowest BCUT2D eigenvalue weighted by atomic mass is 10.1. The van der Waals surface area contributed by atoms with Crippen molar-refractivity contribution in [3.05, 3.63) is 65.2 Å². The molecule has 1 amide bonds. The first-order valence-electron chi connectivity index (χ1n) is 9.64. The number of hydrogen-bond acceptors (Lipinski definition) is 4. The molecule has 0 aliphatic carbocycles. The minimum atomic E-state index is -3.09. The van der Waals surface area contributed by atoms with Gasteiger partial charge >= 0.3 is 0 Å². The molecule has 2 aromatic carbocycles. The van der Waals surface area contributed by atoms with E-state index in [2.05, 4.69) is 6.92 Å². The number of amides is 1. The molecule has 0 bridgehead atoms. The van der Waals surface area contributed by atoms with Crippen LogP contribution in [0.25, 0.3) is 0 Å². The van der Waals surface area contributed by atoms with Crippen LogP contribution in [0.3, 0.4) is 0 Å². The van der Waals surface area contributed by atoms with Gasteiger partial charge in [0.1, 0.15) is 5.75 Å². The van der Waals surface area contributed by atoms with Gasteiger partial charge in [-0.1, -0.05) is 49.4 Å². The van der Waals surface area contributed by atoms with Crippen LogP contribution in [0.15, 0.2) is 48.5 Å². The van der Waals surface area contributed by atoms with Gasteiger partial charge in [0.25, 0.3) is 5.91 Å². The van der Waals surface area contributed by atoms with Crippen molar-refractivity contribution in [1.82, 2.24) is 4.90 Å². The minimum Gasteiger partial charge on any atom is -0.484 e. The number of sulfone groups is 1. The molecule has 0 radical (unpaired) electrons. The molecule has 1 heterocycles. The molecule has 5 nitrogen and oxygen atoms in total. The summed E-state index contributed by atoms with van der Waals surface area (Å²) in [5.74, 6) is 0.637. The Morgan fingerprint density at radius 3 is 2.39 bits per heavy atom. The lowest BCUT2D eigenvalue weighted by molar-refractivity contribution is -0.136. The summed E-state index contributed by atoms with van der Waals surface area (Å²) in [6, 6.07) is 15.3. The minimum absolute atomic E-state index is 0.0240. The van der Waals surface area contributed by atoms with Crippen molar-refractivity contribution < 1.29 is 17.9 Å². The second-order valence-electron chi connectivity index (χ2n) is 7.30. The van der Waals surface area contributed by atoms with Crippen LogP contribution < -0.4 is 4.74 Å². The van der Waals surface area contributed by atoms with Crippen LogP contribution in [0, 0.1) is 6.92 Å². The normalized spacial score (nSPS) is 18.0. The van der Waals surface area contributed by atoms with E-state index in [1.165, 1.54) is 5.56 Å². The van der Waals surface area contributed by atoms with Crippen molar-refractivity contribution in [2.75, 3.05) is 18.1 Å². The molecular weight excluding hydrogens is 374 g/mol. The molecule has 0 N–H and O–H groups in total. The summed E-state index contributed by atoms with van der Waals surface area (Å²) in [5.41, 5.74) is 3.18. The van der Waals surface area contributed by atoms with Crippen molar-refractivity contribution >= 4 is 15.7 Å². The molecule has 0 saturated carbocycles. The number of ether oxygens (including phenoxy) is 1. The second-order valence-corrected chi connectivity index (χ2v) is 9.53. The van der Waals surface area contributed by atoms with E-state index in [1.807, 2.05) is 55.5 Å². The van der Waals surface area contributed by atoms with Gasteiger partial charge in [0.05, 0.1) is 11.5 Å². The Balaban J connectivity index is 1.74. The molecule has 1 aliphatic heterocycles.